The van der Waals surface area contributed by atoms with Gasteiger partial charge in [-0.05, 0) is 24.3 Å². The van der Waals surface area contributed by atoms with Gasteiger partial charge in [0.1, 0.15) is 11.5 Å². The van der Waals surface area contributed by atoms with Gasteiger partial charge >= 0.3 is 0 Å². The van der Waals surface area contributed by atoms with Crippen LogP contribution in [0.5, 0.6) is 5.88 Å². The number of nitrogens with zero attached hydrogens (tertiary/aromatic N) is 3. The number of aromatic nitrogens is 3. The Bertz CT molecular complexity index is 962. The molecule has 27 heavy (non-hydrogen) atoms. The lowest BCUT2D eigenvalue weighted by molar-refractivity contribution is 0.0794. The maximum atomic E-state index is 13.6. The van der Waals surface area contributed by atoms with E-state index in [0.29, 0.717) is 0 Å². The fraction of sp³-hybridized carbons (Fsp3) is 0.176. The summed E-state index contributed by atoms with van der Waals surface area (Å²) in [5.41, 5.74) is 0.332. The van der Waals surface area contributed by atoms with Crippen LogP contribution in [-0.2, 0) is 0 Å². The van der Waals surface area contributed by atoms with E-state index in [4.69, 9.17) is 9.15 Å². The molecule has 2 heterocycles. The summed E-state index contributed by atoms with van der Waals surface area (Å²) in [6, 6.07) is 7.79. The van der Waals surface area contributed by atoms with E-state index >= 15 is 0 Å². The number of hydrogen-bond donors (Lipinski definition) is 1. The Morgan fingerprint density at radius 1 is 1.26 bits per heavy atom. The first kappa shape index (κ1) is 18.4. The molecular weight excluding hydrogens is 365 g/mol. The SMILES string of the molecule is Cc1nnc(-c2cc(F)ccc2NC(=O)c2cccc(OCC(F)F)n2)o1. The summed E-state index contributed by atoms with van der Waals surface area (Å²) in [7, 11) is 0. The lowest BCUT2D eigenvalue weighted by Crippen LogP contribution is -2.15. The second kappa shape index (κ2) is 7.85. The fourth-order valence-corrected chi connectivity index (χ4v) is 2.16. The number of anilines is 1. The van der Waals surface area contributed by atoms with Crippen molar-refractivity contribution in [2.24, 2.45) is 0 Å². The summed E-state index contributed by atoms with van der Waals surface area (Å²) in [6.45, 7) is 0.736. The highest BCUT2D eigenvalue weighted by molar-refractivity contribution is 6.04. The number of carbonyl (C=O) groups excluding carboxylic acids is 1. The molecule has 10 heteroatoms. The molecule has 0 bridgehead atoms. The Balaban J connectivity index is 1.83. The Hall–Kier alpha value is -3.43. The van der Waals surface area contributed by atoms with Crippen molar-refractivity contribution in [3.8, 4) is 17.3 Å². The third-order valence-electron chi connectivity index (χ3n) is 3.30. The molecule has 1 aromatic carbocycles. The highest BCUT2D eigenvalue weighted by Crippen LogP contribution is 2.28. The second-order valence-electron chi connectivity index (χ2n) is 5.33. The van der Waals surface area contributed by atoms with Crippen LogP contribution < -0.4 is 10.1 Å². The first-order chi connectivity index (χ1) is 12.9. The number of ether oxygens (including phenoxy) is 1. The molecule has 0 fully saturated rings. The summed E-state index contributed by atoms with van der Waals surface area (Å²) in [4.78, 5) is 16.3. The largest absolute Gasteiger partial charge is 0.472 e. The predicted molar refractivity (Wildman–Crippen MR) is 88.1 cm³/mol. The van der Waals surface area contributed by atoms with Gasteiger partial charge < -0.3 is 14.5 Å². The normalized spacial score (nSPS) is 10.9. The molecular formula is C17H13F3N4O3. The number of rotatable bonds is 6. The molecule has 1 amide bonds. The summed E-state index contributed by atoms with van der Waals surface area (Å²) in [5.74, 6) is -1.02. The molecule has 0 unspecified atom stereocenters. The maximum Gasteiger partial charge on any atom is 0.274 e. The number of aryl methyl sites for hydroxylation is 1. The highest BCUT2D eigenvalue weighted by atomic mass is 19.3. The number of halogens is 3. The molecule has 3 aromatic rings. The van der Waals surface area contributed by atoms with Gasteiger partial charge in [-0.25, -0.2) is 18.2 Å². The molecule has 0 saturated heterocycles. The lowest BCUT2D eigenvalue weighted by Gasteiger charge is -2.10. The quantitative estimate of drug-likeness (QED) is 0.706. The van der Waals surface area contributed by atoms with Crippen LogP contribution in [0.1, 0.15) is 16.4 Å². The number of benzene rings is 1. The minimum Gasteiger partial charge on any atom is -0.472 e. The molecule has 0 radical (unpaired) electrons. The average Bonchev–Trinajstić information content (AvgIpc) is 3.08. The minimum absolute atomic E-state index is 0.0317. The smallest absolute Gasteiger partial charge is 0.274 e. The van der Waals surface area contributed by atoms with Gasteiger partial charge in [0.2, 0.25) is 17.7 Å². The van der Waals surface area contributed by atoms with E-state index in [0.717, 1.165) is 12.1 Å². The standard InChI is InChI=1S/C17H13F3N4O3/c1-9-23-24-17(27-9)11-7-10(18)5-6-12(11)22-16(25)13-3-2-4-15(21-13)26-8-14(19)20/h2-7,14H,8H2,1H3,(H,22,25). The molecule has 3 rings (SSSR count). The van der Waals surface area contributed by atoms with Crippen molar-refractivity contribution in [1.82, 2.24) is 15.2 Å². The molecule has 1 N–H and O–H groups in total. The molecule has 140 valence electrons. The average molecular weight is 378 g/mol. The van der Waals surface area contributed by atoms with E-state index in [1.165, 1.54) is 24.3 Å². The van der Waals surface area contributed by atoms with Crippen molar-refractivity contribution >= 4 is 11.6 Å². The molecule has 7 nitrogen and oxygen atoms in total. The van der Waals surface area contributed by atoms with Crippen LogP contribution in [-0.4, -0.2) is 34.1 Å². The van der Waals surface area contributed by atoms with Gasteiger partial charge in [-0.2, -0.15) is 0 Å². The third-order valence-corrected chi connectivity index (χ3v) is 3.30. The molecule has 0 aliphatic heterocycles. The summed E-state index contributed by atoms with van der Waals surface area (Å²) >= 11 is 0. The van der Waals surface area contributed by atoms with Crippen molar-refractivity contribution in [3.05, 3.63) is 53.8 Å². The van der Waals surface area contributed by atoms with E-state index in [9.17, 15) is 18.0 Å². The van der Waals surface area contributed by atoms with Gasteiger partial charge in [0.15, 0.2) is 6.61 Å². The van der Waals surface area contributed by atoms with E-state index < -0.39 is 24.8 Å². The molecule has 0 saturated carbocycles. The lowest BCUT2D eigenvalue weighted by atomic mass is 10.1. The molecule has 2 aromatic heterocycles. The van der Waals surface area contributed by atoms with Gasteiger partial charge in [-0.3, -0.25) is 4.79 Å². The molecule has 0 spiro atoms. The van der Waals surface area contributed by atoms with Gasteiger partial charge in [-0.1, -0.05) is 6.07 Å². The Morgan fingerprint density at radius 3 is 2.78 bits per heavy atom. The van der Waals surface area contributed by atoms with Crippen molar-refractivity contribution in [1.29, 1.82) is 0 Å². The summed E-state index contributed by atoms with van der Waals surface area (Å²) in [5, 5.41) is 10.0. The Labute approximate surface area is 151 Å². The van der Waals surface area contributed by atoms with Crippen LogP contribution in [0.4, 0.5) is 18.9 Å². The van der Waals surface area contributed by atoms with Crippen LogP contribution in [0.25, 0.3) is 11.5 Å². The molecule has 0 aliphatic carbocycles. The summed E-state index contributed by atoms with van der Waals surface area (Å²) < 4.78 is 48.1. The van der Waals surface area contributed by atoms with Gasteiger partial charge in [0.05, 0.1) is 11.3 Å². The zero-order valence-electron chi connectivity index (χ0n) is 13.9. The number of hydrogen-bond acceptors (Lipinski definition) is 6. The number of amides is 1. The minimum atomic E-state index is -2.66. The van der Waals surface area contributed by atoms with Crippen molar-refractivity contribution in [2.45, 2.75) is 13.3 Å². The Kier molecular flexibility index (Phi) is 5.34. The first-order valence-corrected chi connectivity index (χ1v) is 7.72. The molecule has 0 atom stereocenters. The Morgan fingerprint density at radius 2 is 2.07 bits per heavy atom. The van der Waals surface area contributed by atoms with Gasteiger partial charge in [0.25, 0.3) is 12.3 Å². The monoisotopic (exact) mass is 378 g/mol. The van der Waals surface area contributed by atoms with Crippen LogP contribution >= 0.6 is 0 Å². The van der Waals surface area contributed by atoms with Crippen LogP contribution in [0.15, 0.2) is 40.8 Å². The van der Waals surface area contributed by atoms with Crippen molar-refractivity contribution in [3.63, 3.8) is 0 Å². The van der Waals surface area contributed by atoms with E-state index in [1.54, 1.807) is 6.92 Å². The number of nitrogens with one attached hydrogen (secondary N) is 1. The maximum absolute atomic E-state index is 13.6. The zero-order valence-corrected chi connectivity index (χ0v) is 13.9. The zero-order chi connectivity index (χ0) is 19.4. The predicted octanol–water partition coefficient (Wildman–Crippen LogP) is 3.48. The number of pyridine rings is 1. The molecule has 0 aliphatic rings. The fourth-order valence-electron chi connectivity index (χ4n) is 2.16. The van der Waals surface area contributed by atoms with E-state index in [2.05, 4.69) is 20.5 Å². The second-order valence-corrected chi connectivity index (χ2v) is 5.33. The number of carbonyl (C=O) groups is 1. The van der Waals surface area contributed by atoms with Crippen LogP contribution in [0, 0.1) is 12.7 Å². The first-order valence-electron chi connectivity index (χ1n) is 7.72. The third kappa shape index (κ3) is 4.60. The van der Waals surface area contributed by atoms with E-state index in [-0.39, 0.29) is 34.6 Å². The van der Waals surface area contributed by atoms with Crippen LogP contribution in [0.3, 0.4) is 0 Å². The van der Waals surface area contributed by atoms with Crippen molar-refractivity contribution < 1.29 is 27.1 Å². The van der Waals surface area contributed by atoms with E-state index in [1.807, 2.05) is 0 Å². The summed E-state index contributed by atoms with van der Waals surface area (Å²) in [6.07, 6.45) is -2.66. The van der Waals surface area contributed by atoms with Gasteiger partial charge in [-0.15, -0.1) is 10.2 Å². The number of alkyl halides is 2. The van der Waals surface area contributed by atoms with Gasteiger partial charge in [0, 0.05) is 13.0 Å². The van der Waals surface area contributed by atoms with Crippen LogP contribution in [0.2, 0.25) is 0 Å². The topological polar surface area (TPSA) is 90.1 Å². The highest BCUT2D eigenvalue weighted by Gasteiger charge is 2.17. The van der Waals surface area contributed by atoms with Crippen molar-refractivity contribution in [2.75, 3.05) is 11.9 Å².